The van der Waals surface area contributed by atoms with Crippen LogP contribution in [0.2, 0.25) is 0 Å². The molecule has 1 fully saturated rings. The summed E-state index contributed by atoms with van der Waals surface area (Å²) in [6, 6.07) is 2.20. The fourth-order valence-corrected chi connectivity index (χ4v) is 4.66. The van der Waals surface area contributed by atoms with Crippen molar-refractivity contribution in [2.45, 2.75) is 40.0 Å². The van der Waals surface area contributed by atoms with E-state index >= 15 is 0 Å². The molecule has 30 heavy (non-hydrogen) atoms. The molecule has 6 heteroatoms. The van der Waals surface area contributed by atoms with Crippen LogP contribution in [-0.2, 0) is 27.1 Å². The highest BCUT2D eigenvalue weighted by Crippen LogP contribution is 2.37. The molecular weight excluding hydrogens is 380 g/mol. The topological polar surface area (TPSA) is 60.0 Å². The van der Waals surface area contributed by atoms with Crippen molar-refractivity contribution in [2.75, 3.05) is 59.7 Å². The van der Waals surface area contributed by atoms with Crippen LogP contribution in [0, 0.1) is 25.7 Å². The van der Waals surface area contributed by atoms with Crippen LogP contribution in [-0.4, -0.2) is 70.5 Å². The third-order valence-corrected chi connectivity index (χ3v) is 6.74. The van der Waals surface area contributed by atoms with E-state index in [0.717, 1.165) is 57.9 Å². The number of amides is 1. The standard InChI is InChI=1S/C24H38N2O4/c1-17-15-23(30-14-10-26-8-12-29-13-9-26)19(3)22-16-20(5-6-21(17)22)18(2)24(27)25-7-11-28-4/h15,18,20H,5-14,16H2,1-4H3,(H,25,27)/t18-,20+/m0/s1. The Morgan fingerprint density at radius 1 is 1.27 bits per heavy atom. The van der Waals surface area contributed by atoms with Crippen LogP contribution in [0.15, 0.2) is 6.07 Å². The quantitative estimate of drug-likeness (QED) is 0.625. The number of aryl methyl sites for hydroxylation is 1. The second kappa shape index (κ2) is 11.1. The minimum absolute atomic E-state index is 0.000562. The van der Waals surface area contributed by atoms with Gasteiger partial charge in [0.2, 0.25) is 5.91 Å². The average molecular weight is 419 g/mol. The summed E-state index contributed by atoms with van der Waals surface area (Å²) in [5, 5.41) is 3.00. The van der Waals surface area contributed by atoms with Gasteiger partial charge >= 0.3 is 0 Å². The van der Waals surface area contributed by atoms with Crippen LogP contribution in [0.3, 0.4) is 0 Å². The van der Waals surface area contributed by atoms with Gasteiger partial charge in [0.15, 0.2) is 0 Å². The number of fused-ring (bicyclic) bond motifs is 1. The van der Waals surface area contributed by atoms with E-state index in [1.54, 1.807) is 7.11 Å². The lowest BCUT2D eigenvalue weighted by atomic mass is 9.74. The van der Waals surface area contributed by atoms with E-state index in [1.165, 1.54) is 22.3 Å². The fourth-order valence-electron chi connectivity index (χ4n) is 4.66. The van der Waals surface area contributed by atoms with Crippen LogP contribution in [0.5, 0.6) is 5.75 Å². The van der Waals surface area contributed by atoms with Crippen molar-refractivity contribution in [3.8, 4) is 5.75 Å². The van der Waals surface area contributed by atoms with Crippen LogP contribution in [0.4, 0.5) is 0 Å². The molecule has 168 valence electrons. The summed E-state index contributed by atoms with van der Waals surface area (Å²) in [5.41, 5.74) is 5.40. The lowest BCUT2D eigenvalue weighted by Gasteiger charge is -2.32. The van der Waals surface area contributed by atoms with Crippen LogP contribution in [0.1, 0.15) is 35.6 Å². The molecule has 1 aromatic carbocycles. The molecule has 0 spiro atoms. The first-order valence-corrected chi connectivity index (χ1v) is 11.3. The Bertz CT molecular complexity index is 716. The smallest absolute Gasteiger partial charge is 0.223 e. The normalized spacial score (nSPS) is 20.5. The highest BCUT2D eigenvalue weighted by atomic mass is 16.5. The molecule has 1 heterocycles. The monoisotopic (exact) mass is 418 g/mol. The van der Waals surface area contributed by atoms with Gasteiger partial charge < -0.3 is 19.5 Å². The molecule has 3 rings (SSSR count). The molecule has 1 amide bonds. The highest BCUT2D eigenvalue weighted by molar-refractivity contribution is 5.78. The van der Waals surface area contributed by atoms with Gasteiger partial charge in [-0.2, -0.15) is 0 Å². The Morgan fingerprint density at radius 3 is 2.77 bits per heavy atom. The van der Waals surface area contributed by atoms with E-state index in [0.29, 0.717) is 25.7 Å². The zero-order valence-corrected chi connectivity index (χ0v) is 19.1. The van der Waals surface area contributed by atoms with Gasteiger partial charge in [0.25, 0.3) is 0 Å². The zero-order chi connectivity index (χ0) is 21.5. The summed E-state index contributed by atoms with van der Waals surface area (Å²) < 4.78 is 16.7. The first kappa shape index (κ1) is 23.0. The minimum atomic E-state index is 0.000562. The van der Waals surface area contributed by atoms with Crippen molar-refractivity contribution in [1.82, 2.24) is 10.2 Å². The minimum Gasteiger partial charge on any atom is -0.492 e. The van der Waals surface area contributed by atoms with Crippen molar-refractivity contribution in [3.05, 3.63) is 28.3 Å². The van der Waals surface area contributed by atoms with Crippen LogP contribution < -0.4 is 10.1 Å². The average Bonchev–Trinajstić information content (AvgIpc) is 2.77. The molecule has 6 nitrogen and oxygen atoms in total. The summed E-state index contributed by atoms with van der Waals surface area (Å²) in [7, 11) is 1.65. The predicted molar refractivity (Wildman–Crippen MR) is 118 cm³/mol. The van der Waals surface area contributed by atoms with Gasteiger partial charge in [-0.1, -0.05) is 6.92 Å². The van der Waals surface area contributed by atoms with Gasteiger partial charge in [-0.15, -0.1) is 0 Å². The summed E-state index contributed by atoms with van der Waals surface area (Å²) in [4.78, 5) is 14.9. The number of ether oxygens (including phenoxy) is 3. The van der Waals surface area contributed by atoms with Crippen molar-refractivity contribution < 1.29 is 19.0 Å². The van der Waals surface area contributed by atoms with Gasteiger partial charge in [-0.25, -0.2) is 0 Å². The molecule has 0 saturated carbocycles. The Balaban J connectivity index is 1.63. The number of hydrogen-bond acceptors (Lipinski definition) is 5. The molecule has 0 aromatic heterocycles. The van der Waals surface area contributed by atoms with E-state index in [-0.39, 0.29) is 11.8 Å². The van der Waals surface area contributed by atoms with Crippen molar-refractivity contribution >= 4 is 5.91 Å². The third kappa shape index (κ3) is 5.74. The fraction of sp³-hybridized carbons (Fsp3) is 0.708. The predicted octanol–water partition coefficient (Wildman–Crippen LogP) is 2.52. The van der Waals surface area contributed by atoms with E-state index in [1.807, 2.05) is 0 Å². The molecule has 1 aliphatic heterocycles. The molecule has 1 N–H and O–H groups in total. The number of carbonyl (C=O) groups is 1. The van der Waals surface area contributed by atoms with Crippen LogP contribution >= 0.6 is 0 Å². The molecule has 2 aliphatic rings. The maximum atomic E-state index is 12.5. The molecule has 0 unspecified atom stereocenters. The molecular formula is C24H38N2O4. The molecule has 1 aromatic rings. The van der Waals surface area contributed by atoms with Crippen molar-refractivity contribution in [1.29, 1.82) is 0 Å². The molecule has 2 atom stereocenters. The second-order valence-electron chi connectivity index (χ2n) is 8.65. The maximum absolute atomic E-state index is 12.5. The maximum Gasteiger partial charge on any atom is 0.223 e. The molecule has 0 bridgehead atoms. The van der Waals surface area contributed by atoms with E-state index in [9.17, 15) is 4.79 Å². The number of carbonyl (C=O) groups excluding carboxylic acids is 1. The number of hydrogen-bond donors (Lipinski definition) is 1. The summed E-state index contributed by atoms with van der Waals surface area (Å²) in [5.74, 6) is 1.49. The largest absolute Gasteiger partial charge is 0.492 e. The SMILES string of the molecule is COCCNC(=O)[C@@H](C)[C@@H]1CCc2c(C)cc(OCCN3CCOCC3)c(C)c2C1. The number of nitrogens with zero attached hydrogens (tertiary/aromatic N) is 1. The van der Waals surface area contributed by atoms with Gasteiger partial charge in [0.05, 0.1) is 19.8 Å². The highest BCUT2D eigenvalue weighted by Gasteiger charge is 2.30. The Labute approximate surface area is 181 Å². The molecule has 1 saturated heterocycles. The van der Waals surface area contributed by atoms with Crippen LogP contribution in [0.25, 0.3) is 0 Å². The lowest BCUT2D eigenvalue weighted by Crippen LogP contribution is -2.38. The number of methoxy groups -OCH3 is 1. The third-order valence-electron chi connectivity index (χ3n) is 6.74. The number of morpholine rings is 1. The zero-order valence-electron chi connectivity index (χ0n) is 19.1. The summed E-state index contributed by atoms with van der Waals surface area (Å²) >= 11 is 0. The number of rotatable bonds is 9. The van der Waals surface area contributed by atoms with Crippen molar-refractivity contribution in [3.63, 3.8) is 0 Å². The lowest BCUT2D eigenvalue weighted by molar-refractivity contribution is -0.126. The second-order valence-corrected chi connectivity index (χ2v) is 8.65. The van der Waals surface area contributed by atoms with Crippen molar-refractivity contribution in [2.24, 2.45) is 11.8 Å². The Hall–Kier alpha value is -1.63. The Morgan fingerprint density at radius 2 is 2.03 bits per heavy atom. The first-order valence-electron chi connectivity index (χ1n) is 11.3. The van der Waals surface area contributed by atoms with Gasteiger partial charge in [0.1, 0.15) is 12.4 Å². The first-order chi connectivity index (χ1) is 14.5. The Kier molecular flexibility index (Phi) is 8.54. The van der Waals surface area contributed by atoms with E-state index in [2.05, 4.69) is 37.1 Å². The number of benzene rings is 1. The van der Waals surface area contributed by atoms with E-state index in [4.69, 9.17) is 14.2 Å². The van der Waals surface area contributed by atoms with Gasteiger partial charge in [-0.3, -0.25) is 9.69 Å². The summed E-state index contributed by atoms with van der Waals surface area (Å²) in [6.07, 6.45) is 3.04. The number of nitrogens with one attached hydrogen (secondary N) is 1. The van der Waals surface area contributed by atoms with Gasteiger partial charge in [-0.05, 0) is 67.3 Å². The molecule has 0 radical (unpaired) electrons. The van der Waals surface area contributed by atoms with Gasteiger partial charge in [0, 0.05) is 39.2 Å². The molecule has 1 aliphatic carbocycles. The van der Waals surface area contributed by atoms with E-state index < -0.39 is 0 Å². The summed E-state index contributed by atoms with van der Waals surface area (Å²) in [6.45, 7) is 12.8.